The lowest BCUT2D eigenvalue weighted by atomic mass is 10.1. The summed E-state index contributed by atoms with van der Waals surface area (Å²) >= 11 is 10.4. The Labute approximate surface area is 139 Å². The highest BCUT2D eigenvalue weighted by atomic mass is 79.9. The zero-order chi connectivity index (χ0) is 13.8. The second kappa shape index (κ2) is 7.23. The number of halogens is 3. The van der Waals surface area contributed by atoms with Gasteiger partial charge < -0.3 is 4.90 Å². The summed E-state index contributed by atoms with van der Waals surface area (Å²) in [5.74, 6) is 0.125. The minimum absolute atomic E-state index is 0.125. The minimum atomic E-state index is 0.125. The van der Waals surface area contributed by atoms with Gasteiger partial charge in [0.25, 0.3) is 5.91 Å². The second-order valence-electron chi connectivity index (χ2n) is 4.75. The van der Waals surface area contributed by atoms with Crippen LogP contribution in [-0.4, -0.2) is 28.7 Å². The maximum Gasteiger partial charge on any atom is 0.255 e. The summed E-state index contributed by atoms with van der Waals surface area (Å²) in [6, 6.07) is 6.14. The lowest BCUT2D eigenvalue weighted by molar-refractivity contribution is 0.0695. The summed E-state index contributed by atoms with van der Waals surface area (Å²) in [5, 5.41) is 0.820. The fourth-order valence-corrected chi connectivity index (χ4v) is 3.73. The van der Waals surface area contributed by atoms with Crippen LogP contribution >= 0.6 is 47.8 Å². The van der Waals surface area contributed by atoms with Crippen LogP contribution in [-0.2, 0) is 0 Å². The van der Waals surface area contributed by atoms with Gasteiger partial charge in [-0.3, -0.25) is 4.79 Å². The monoisotopic (exact) mass is 451 g/mol. The minimum Gasteiger partial charge on any atom is -0.335 e. The van der Waals surface area contributed by atoms with Crippen molar-refractivity contribution < 1.29 is 4.79 Å². The molecule has 2 rings (SSSR count). The van der Waals surface area contributed by atoms with Gasteiger partial charge in [0.05, 0.1) is 5.56 Å². The Kier molecular flexibility index (Phi) is 5.90. The van der Waals surface area contributed by atoms with E-state index >= 15 is 0 Å². The van der Waals surface area contributed by atoms with Crippen LogP contribution in [0.3, 0.4) is 0 Å². The molecule has 104 valence electrons. The molecule has 0 heterocycles. The predicted octanol–water partition coefficient (Wildman–Crippen LogP) is 4.99. The van der Waals surface area contributed by atoms with Crippen LogP contribution in [0.2, 0.25) is 0 Å². The van der Waals surface area contributed by atoms with Crippen molar-refractivity contribution in [1.82, 2.24) is 4.90 Å². The van der Waals surface area contributed by atoms with Crippen LogP contribution in [0.5, 0.6) is 0 Å². The molecule has 1 aromatic carbocycles. The quantitative estimate of drug-likeness (QED) is 0.588. The van der Waals surface area contributed by atoms with Crippen molar-refractivity contribution in [3.05, 3.63) is 32.7 Å². The van der Waals surface area contributed by atoms with Gasteiger partial charge in [-0.1, -0.05) is 44.7 Å². The Morgan fingerprint density at radius 1 is 1.26 bits per heavy atom. The van der Waals surface area contributed by atoms with Crippen LogP contribution in [0.1, 0.15) is 36.0 Å². The third-order valence-corrected chi connectivity index (χ3v) is 5.05. The van der Waals surface area contributed by atoms with E-state index in [1.54, 1.807) is 0 Å². The summed E-state index contributed by atoms with van der Waals surface area (Å²) in [6.45, 7) is 0.766. The number of carbonyl (C=O) groups excluding carboxylic acids is 1. The molecule has 1 aliphatic rings. The standard InChI is InChI=1S/C14H16Br3NO/c15-7-8-18(11-3-1-2-4-11)14(19)12-9-10(16)5-6-13(12)17/h5-6,9,11H,1-4,7-8H2. The van der Waals surface area contributed by atoms with E-state index in [0.29, 0.717) is 6.04 Å². The SMILES string of the molecule is O=C(c1cc(Br)ccc1Br)N(CCBr)C1CCCC1. The van der Waals surface area contributed by atoms with Gasteiger partial charge in [0.2, 0.25) is 0 Å². The molecule has 1 aromatic rings. The average molecular weight is 454 g/mol. The van der Waals surface area contributed by atoms with Crippen molar-refractivity contribution in [1.29, 1.82) is 0 Å². The summed E-state index contributed by atoms with van der Waals surface area (Å²) in [4.78, 5) is 14.8. The van der Waals surface area contributed by atoms with Gasteiger partial charge in [0.1, 0.15) is 0 Å². The summed E-state index contributed by atoms with van der Waals surface area (Å²) in [7, 11) is 0. The smallest absolute Gasteiger partial charge is 0.255 e. The molecule has 0 spiro atoms. The second-order valence-corrected chi connectivity index (χ2v) is 7.31. The van der Waals surface area contributed by atoms with E-state index in [0.717, 1.165) is 39.2 Å². The summed E-state index contributed by atoms with van der Waals surface area (Å²) < 4.78 is 1.79. The van der Waals surface area contributed by atoms with Gasteiger partial charge in [-0.25, -0.2) is 0 Å². The first-order chi connectivity index (χ1) is 9.13. The summed E-state index contributed by atoms with van der Waals surface area (Å²) in [6.07, 6.45) is 4.72. The highest BCUT2D eigenvalue weighted by Crippen LogP contribution is 2.28. The normalized spacial score (nSPS) is 15.7. The molecule has 1 fully saturated rings. The molecule has 1 saturated carbocycles. The first-order valence-electron chi connectivity index (χ1n) is 6.45. The van der Waals surface area contributed by atoms with Gasteiger partial charge in [-0.2, -0.15) is 0 Å². The van der Waals surface area contributed by atoms with E-state index < -0.39 is 0 Å². The molecular weight excluding hydrogens is 438 g/mol. The highest BCUT2D eigenvalue weighted by Gasteiger charge is 2.27. The summed E-state index contributed by atoms with van der Waals surface area (Å²) in [5.41, 5.74) is 0.738. The lowest BCUT2D eigenvalue weighted by Gasteiger charge is -2.29. The molecular formula is C14H16Br3NO. The fourth-order valence-electron chi connectivity index (χ4n) is 2.57. The molecule has 0 aromatic heterocycles. The van der Waals surface area contributed by atoms with E-state index in [2.05, 4.69) is 47.8 Å². The number of hydrogen-bond acceptors (Lipinski definition) is 1. The van der Waals surface area contributed by atoms with Crippen molar-refractivity contribution >= 4 is 53.7 Å². The van der Waals surface area contributed by atoms with Gasteiger partial charge >= 0.3 is 0 Å². The maximum atomic E-state index is 12.7. The number of amides is 1. The topological polar surface area (TPSA) is 20.3 Å². The van der Waals surface area contributed by atoms with Crippen LogP contribution in [0.4, 0.5) is 0 Å². The van der Waals surface area contributed by atoms with Crippen molar-refractivity contribution in [2.45, 2.75) is 31.7 Å². The zero-order valence-corrected chi connectivity index (χ0v) is 15.3. The fraction of sp³-hybridized carbons (Fsp3) is 0.500. The van der Waals surface area contributed by atoms with Crippen molar-refractivity contribution in [2.24, 2.45) is 0 Å². The highest BCUT2D eigenvalue weighted by molar-refractivity contribution is 9.11. The van der Waals surface area contributed by atoms with Gasteiger partial charge in [-0.15, -0.1) is 0 Å². The third-order valence-electron chi connectivity index (χ3n) is 3.51. The molecule has 0 saturated heterocycles. The van der Waals surface area contributed by atoms with Gasteiger partial charge in [-0.05, 0) is 47.0 Å². The van der Waals surface area contributed by atoms with Crippen molar-refractivity contribution in [2.75, 3.05) is 11.9 Å². The van der Waals surface area contributed by atoms with Gasteiger partial charge in [0.15, 0.2) is 0 Å². The molecule has 0 aliphatic heterocycles. The van der Waals surface area contributed by atoms with Crippen LogP contribution in [0.15, 0.2) is 27.1 Å². The Bertz CT molecular complexity index is 458. The van der Waals surface area contributed by atoms with Crippen LogP contribution < -0.4 is 0 Å². The molecule has 19 heavy (non-hydrogen) atoms. The molecule has 2 nitrogen and oxygen atoms in total. The molecule has 0 unspecified atom stereocenters. The molecule has 0 radical (unpaired) electrons. The first-order valence-corrected chi connectivity index (χ1v) is 9.16. The molecule has 0 atom stereocenters. The molecule has 5 heteroatoms. The Morgan fingerprint density at radius 3 is 2.58 bits per heavy atom. The van der Waals surface area contributed by atoms with Crippen LogP contribution in [0.25, 0.3) is 0 Å². The lowest BCUT2D eigenvalue weighted by Crippen LogP contribution is -2.40. The molecule has 0 bridgehead atoms. The molecule has 1 amide bonds. The number of carbonyl (C=O) groups is 1. The number of rotatable bonds is 4. The number of alkyl halides is 1. The van der Waals surface area contributed by atoms with Crippen LogP contribution in [0, 0.1) is 0 Å². The third kappa shape index (κ3) is 3.82. The van der Waals surface area contributed by atoms with Gasteiger partial charge in [0, 0.05) is 26.9 Å². The Balaban J connectivity index is 2.25. The Morgan fingerprint density at radius 2 is 1.95 bits per heavy atom. The predicted molar refractivity (Wildman–Crippen MR) is 88.9 cm³/mol. The van der Waals surface area contributed by atoms with E-state index in [-0.39, 0.29) is 5.91 Å². The number of nitrogens with zero attached hydrogens (tertiary/aromatic N) is 1. The first kappa shape index (κ1) is 15.5. The van der Waals surface area contributed by atoms with E-state index in [1.807, 2.05) is 23.1 Å². The van der Waals surface area contributed by atoms with Crippen molar-refractivity contribution in [3.63, 3.8) is 0 Å². The zero-order valence-electron chi connectivity index (χ0n) is 10.5. The maximum absolute atomic E-state index is 12.7. The van der Waals surface area contributed by atoms with E-state index in [4.69, 9.17) is 0 Å². The molecule has 1 aliphatic carbocycles. The number of benzene rings is 1. The van der Waals surface area contributed by atoms with E-state index in [1.165, 1.54) is 12.8 Å². The average Bonchev–Trinajstić information content (AvgIpc) is 2.92. The number of hydrogen-bond donors (Lipinski definition) is 0. The Hall–Kier alpha value is 0.130. The van der Waals surface area contributed by atoms with Crippen molar-refractivity contribution in [3.8, 4) is 0 Å². The van der Waals surface area contributed by atoms with E-state index in [9.17, 15) is 4.79 Å². The largest absolute Gasteiger partial charge is 0.335 e. The molecule has 0 N–H and O–H groups in total.